The zero-order valence-corrected chi connectivity index (χ0v) is 13.1. The molecule has 0 amide bonds. The molecular weight excluding hydrogens is 254 g/mol. The Bertz CT molecular complexity index is 565. The molecule has 110 valence electrons. The van der Waals surface area contributed by atoms with Crippen molar-refractivity contribution in [3.05, 3.63) is 60.2 Å². The molecule has 0 bridgehead atoms. The van der Waals surface area contributed by atoms with Gasteiger partial charge in [0.05, 0.1) is 0 Å². The molecule has 2 aromatic carbocycles. The summed E-state index contributed by atoms with van der Waals surface area (Å²) < 4.78 is 0. The lowest BCUT2D eigenvalue weighted by atomic mass is 9.77. The molecule has 0 radical (unpaired) electrons. The summed E-state index contributed by atoms with van der Waals surface area (Å²) in [6, 6.07) is 20.2. The van der Waals surface area contributed by atoms with Crippen LogP contribution in [0, 0.1) is 5.41 Å². The van der Waals surface area contributed by atoms with Crippen molar-refractivity contribution >= 4 is 0 Å². The number of hydrogen-bond donors (Lipinski definition) is 1. The molecule has 1 N–H and O–H groups in total. The first-order valence-corrected chi connectivity index (χ1v) is 8.06. The van der Waals surface area contributed by atoms with Gasteiger partial charge in [0, 0.05) is 6.04 Å². The third-order valence-electron chi connectivity index (χ3n) is 5.08. The van der Waals surface area contributed by atoms with Crippen LogP contribution in [0.15, 0.2) is 54.6 Å². The molecule has 1 aliphatic rings. The fourth-order valence-corrected chi connectivity index (χ4v) is 3.89. The largest absolute Gasteiger partial charge is 0.313 e. The molecule has 2 aromatic rings. The first-order valence-electron chi connectivity index (χ1n) is 8.06. The van der Waals surface area contributed by atoms with Crippen LogP contribution < -0.4 is 5.32 Å². The van der Waals surface area contributed by atoms with Crippen molar-refractivity contribution in [2.75, 3.05) is 7.05 Å². The summed E-state index contributed by atoms with van der Waals surface area (Å²) in [7, 11) is 2.10. The Morgan fingerprint density at radius 3 is 2.00 bits per heavy atom. The Hall–Kier alpha value is -1.60. The Morgan fingerprint density at radius 2 is 1.43 bits per heavy atom. The molecule has 21 heavy (non-hydrogen) atoms. The Balaban J connectivity index is 1.86. The molecule has 1 heteroatoms. The molecule has 0 heterocycles. The van der Waals surface area contributed by atoms with E-state index in [1.807, 2.05) is 0 Å². The van der Waals surface area contributed by atoms with Gasteiger partial charge >= 0.3 is 0 Å². The van der Waals surface area contributed by atoms with Crippen LogP contribution >= 0.6 is 0 Å². The smallest absolute Gasteiger partial charge is 0.0372 e. The lowest BCUT2D eigenvalue weighted by Crippen LogP contribution is -2.32. The zero-order chi connectivity index (χ0) is 14.7. The molecule has 0 aliphatic heterocycles. The summed E-state index contributed by atoms with van der Waals surface area (Å²) in [5, 5.41) is 3.56. The minimum atomic E-state index is 0.406. The first-order chi connectivity index (χ1) is 10.2. The van der Waals surface area contributed by atoms with Crippen LogP contribution in [0.3, 0.4) is 0 Å². The van der Waals surface area contributed by atoms with Gasteiger partial charge < -0.3 is 5.32 Å². The third-order valence-corrected chi connectivity index (χ3v) is 5.08. The lowest BCUT2D eigenvalue weighted by Gasteiger charge is -2.34. The van der Waals surface area contributed by atoms with Gasteiger partial charge in [-0.25, -0.2) is 0 Å². The molecule has 1 nitrogen and oxygen atoms in total. The molecule has 1 aliphatic carbocycles. The van der Waals surface area contributed by atoms with Crippen LogP contribution in [0.5, 0.6) is 0 Å². The van der Waals surface area contributed by atoms with Crippen LogP contribution in [0.1, 0.15) is 44.2 Å². The van der Waals surface area contributed by atoms with E-state index < -0.39 is 0 Å². The molecular formula is C20H25N. The van der Waals surface area contributed by atoms with Crippen molar-refractivity contribution in [2.24, 2.45) is 5.41 Å². The number of rotatable bonds is 4. The first kappa shape index (κ1) is 14.3. The van der Waals surface area contributed by atoms with Gasteiger partial charge in [0.2, 0.25) is 0 Å². The summed E-state index contributed by atoms with van der Waals surface area (Å²) in [5.74, 6) is 0. The Kier molecular flexibility index (Phi) is 4.12. The molecule has 0 aromatic heterocycles. The summed E-state index contributed by atoms with van der Waals surface area (Å²) in [4.78, 5) is 0. The van der Waals surface area contributed by atoms with Crippen LogP contribution in [0.4, 0.5) is 0 Å². The summed E-state index contributed by atoms with van der Waals surface area (Å²) in [6.45, 7) is 2.44. The number of nitrogens with one attached hydrogen (secondary N) is 1. The highest BCUT2D eigenvalue weighted by Crippen LogP contribution is 2.47. The molecule has 0 spiro atoms. The average molecular weight is 279 g/mol. The highest BCUT2D eigenvalue weighted by molar-refractivity contribution is 5.63. The maximum Gasteiger partial charge on any atom is 0.0372 e. The Morgan fingerprint density at radius 1 is 0.857 bits per heavy atom. The molecule has 3 rings (SSSR count). The maximum absolute atomic E-state index is 3.56. The van der Waals surface area contributed by atoms with Gasteiger partial charge in [0.15, 0.2) is 0 Å². The van der Waals surface area contributed by atoms with Crippen molar-refractivity contribution in [1.82, 2.24) is 5.32 Å². The second-order valence-corrected chi connectivity index (χ2v) is 6.57. The van der Waals surface area contributed by atoms with E-state index in [1.54, 1.807) is 0 Å². The van der Waals surface area contributed by atoms with Crippen LogP contribution in [-0.2, 0) is 0 Å². The minimum absolute atomic E-state index is 0.406. The van der Waals surface area contributed by atoms with E-state index in [9.17, 15) is 0 Å². The normalized spacial score (nSPS) is 18.6. The average Bonchev–Trinajstić information content (AvgIpc) is 2.97. The fraction of sp³-hybridized carbons (Fsp3) is 0.400. The fourth-order valence-electron chi connectivity index (χ4n) is 3.89. The lowest BCUT2D eigenvalue weighted by molar-refractivity contribution is 0.234. The summed E-state index contributed by atoms with van der Waals surface area (Å²) >= 11 is 0. The SMILES string of the molecule is CNC(c1ccc(-c2ccccc2)cc1)C1(C)CCCC1. The van der Waals surface area contributed by atoms with E-state index >= 15 is 0 Å². The molecule has 1 unspecified atom stereocenters. The van der Waals surface area contributed by atoms with Gasteiger partial charge in [0.25, 0.3) is 0 Å². The standard InChI is InChI=1S/C20H25N/c1-20(14-6-7-15-20)19(21-2)18-12-10-17(11-13-18)16-8-4-3-5-9-16/h3-5,8-13,19,21H,6-7,14-15H2,1-2H3. The molecule has 1 saturated carbocycles. The highest BCUT2D eigenvalue weighted by atomic mass is 14.9. The van der Waals surface area contributed by atoms with E-state index in [0.717, 1.165) is 0 Å². The van der Waals surface area contributed by atoms with Gasteiger partial charge in [-0.2, -0.15) is 0 Å². The van der Waals surface area contributed by atoms with E-state index in [1.165, 1.54) is 42.4 Å². The Labute approximate surface area is 128 Å². The topological polar surface area (TPSA) is 12.0 Å². The predicted molar refractivity (Wildman–Crippen MR) is 90.3 cm³/mol. The van der Waals surface area contributed by atoms with Crippen molar-refractivity contribution in [1.29, 1.82) is 0 Å². The van der Waals surface area contributed by atoms with Crippen molar-refractivity contribution in [3.8, 4) is 11.1 Å². The summed E-state index contributed by atoms with van der Waals surface area (Å²) in [6.07, 6.45) is 5.41. The molecule has 1 fully saturated rings. The van der Waals surface area contributed by atoms with E-state index in [2.05, 4.69) is 73.9 Å². The van der Waals surface area contributed by atoms with Crippen molar-refractivity contribution in [3.63, 3.8) is 0 Å². The van der Waals surface area contributed by atoms with Gasteiger partial charge in [-0.15, -0.1) is 0 Å². The second-order valence-electron chi connectivity index (χ2n) is 6.57. The highest BCUT2D eigenvalue weighted by Gasteiger charge is 2.36. The van der Waals surface area contributed by atoms with Gasteiger partial charge in [-0.3, -0.25) is 0 Å². The van der Waals surface area contributed by atoms with Gasteiger partial charge in [-0.1, -0.05) is 74.4 Å². The van der Waals surface area contributed by atoms with E-state index in [0.29, 0.717) is 11.5 Å². The predicted octanol–water partition coefficient (Wildman–Crippen LogP) is 5.19. The van der Waals surface area contributed by atoms with Gasteiger partial charge in [0.1, 0.15) is 0 Å². The van der Waals surface area contributed by atoms with Crippen LogP contribution in [0.2, 0.25) is 0 Å². The summed E-state index contributed by atoms with van der Waals surface area (Å²) in [5.41, 5.74) is 4.41. The number of hydrogen-bond acceptors (Lipinski definition) is 1. The van der Waals surface area contributed by atoms with E-state index in [4.69, 9.17) is 0 Å². The van der Waals surface area contributed by atoms with Crippen LogP contribution in [0.25, 0.3) is 11.1 Å². The maximum atomic E-state index is 3.56. The molecule has 1 atom stereocenters. The van der Waals surface area contributed by atoms with Crippen molar-refractivity contribution in [2.45, 2.75) is 38.6 Å². The number of benzene rings is 2. The van der Waals surface area contributed by atoms with Crippen molar-refractivity contribution < 1.29 is 0 Å². The van der Waals surface area contributed by atoms with Gasteiger partial charge in [-0.05, 0) is 42.0 Å². The van der Waals surface area contributed by atoms with E-state index in [-0.39, 0.29) is 0 Å². The third kappa shape index (κ3) is 2.89. The van der Waals surface area contributed by atoms with Crippen LogP contribution in [-0.4, -0.2) is 7.05 Å². The quantitative estimate of drug-likeness (QED) is 0.811. The molecule has 0 saturated heterocycles. The zero-order valence-electron chi connectivity index (χ0n) is 13.1. The second kappa shape index (κ2) is 6.03. The monoisotopic (exact) mass is 279 g/mol. The minimum Gasteiger partial charge on any atom is -0.313 e.